The molecule has 0 bridgehead atoms. The van der Waals surface area contributed by atoms with Crippen molar-refractivity contribution in [2.45, 2.75) is 19.3 Å². The zero-order chi connectivity index (χ0) is 22.0. The van der Waals surface area contributed by atoms with Gasteiger partial charge in [0.15, 0.2) is 11.5 Å². The number of rotatable bonds is 5. The molecule has 0 saturated heterocycles. The maximum Gasteiger partial charge on any atom is 0.158 e. The third kappa shape index (κ3) is 4.33. The van der Waals surface area contributed by atoms with Gasteiger partial charge in [-0.25, -0.2) is 0 Å². The van der Waals surface area contributed by atoms with Gasteiger partial charge in [0, 0.05) is 5.41 Å². The van der Waals surface area contributed by atoms with Crippen molar-refractivity contribution in [3.05, 3.63) is 102 Å². The molecule has 0 aliphatic carbocycles. The van der Waals surface area contributed by atoms with Crippen molar-refractivity contribution in [3.8, 4) is 39.9 Å². The Bertz CT molecular complexity index is 1180. The van der Waals surface area contributed by atoms with Crippen LogP contribution in [0, 0.1) is 0 Å². The van der Waals surface area contributed by atoms with Crippen LogP contribution in [-0.4, -0.2) is 15.3 Å². The van der Waals surface area contributed by atoms with Gasteiger partial charge in [0.1, 0.15) is 17.2 Å². The topological polar surface area (TPSA) is 69.9 Å². The highest BCUT2D eigenvalue weighted by molar-refractivity contribution is 5.67. The average Bonchev–Trinajstić information content (AvgIpc) is 2.77. The summed E-state index contributed by atoms with van der Waals surface area (Å²) < 4.78 is 5.98. The van der Waals surface area contributed by atoms with E-state index >= 15 is 0 Å². The molecule has 0 saturated carbocycles. The molecule has 4 aromatic carbocycles. The van der Waals surface area contributed by atoms with Gasteiger partial charge in [-0.1, -0.05) is 56.3 Å². The Morgan fingerprint density at radius 3 is 1.58 bits per heavy atom. The van der Waals surface area contributed by atoms with E-state index in [0.29, 0.717) is 5.75 Å². The Labute approximate surface area is 181 Å². The maximum atomic E-state index is 9.69. The molecule has 0 heterocycles. The minimum Gasteiger partial charge on any atom is -0.508 e. The van der Waals surface area contributed by atoms with Crippen molar-refractivity contribution >= 4 is 0 Å². The summed E-state index contributed by atoms with van der Waals surface area (Å²) in [6, 6.07) is 27.6. The Balaban J connectivity index is 1.48. The molecule has 4 nitrogen and oxygen atoms in total. The number of hydrogen-bond acceptors (Lipinski definition) is 4. The molecule has 0 unspecified atom stereocenters. The van der Waals surface area contributed by atoms with E-state index in [0.717, 1.165) is 28.0 Å². The van der Waals surface area contributed by atoms with Crippen molar-refractivity contribution in [2.24, 2.45) is 0 Å². The molecule has 0 aromatic heterocycles. The van der Waals surface area contributed by atoms with Crippen LogP contribution >= 0.6 is 0 Å². The first-order chi connectivity index (χ1) is 14.8. The standard InChI is InChI=1S/C27H24O4/c1-27(2,20-6-10-22(28)11-7-20)21-8-14-24(15-9-21)31-23-12-3-18(4-13-23)19-5-16-25(29)26(30)17-19/h3-17,28-30H,1-2H3. The Morgan fingerprint density at radius 2 is 1.03 bits per heavy atom. The quantitative estimate of drug-likeness (QED) is 0.324. The van der Waals surface area contributed by atoms with E-state index < -0.39 is 0 Å². The first-order valence-corrected chi connectivity index (χ1v) is 10.0. The van der Waals surface area contributed by atoms with Gasteiger partial charge < -0.3 is 20.1 Å². The van der Waals surface area contributed by atoms with Crippen LogP contribution < -0.4 is 4.74 Å². The molecular weight excluding hydrogens is 388 g/mol. The van der Waals surface area contributed by atoms with Crippen LogP contribution in [0.2, 0.25) is 0 Å². The summed E-state index contributed by atoms with van der Waals surface area (Å²) in [4.78, 5) is 0. The van der Waals surface area contributed by atoms with Crippen molar-refractivity contribution in [1.29, 1.82) is 0 Å². The van der Waals surface area contributed by atoms with Gasteiger partial charge in [-0.05, 0) is 70.8 Å². The van der Waals surface area contributed by atoms with Crippen LogP contribution in [0.5, 0.6) is 28.7 Å². The van der Waals surface area contributed by atoms with Gasteiger partial charge in [-0.3, -0.25) is 0 Å². The maximum absolute atomic E-state index is 9.69. The molecule has 3 N–H and O–H groups in total. The van der Waals surface area contributed by atoms with E-state index in [1.54, 1.807) is 18.2 Å². The van der Waals surface area contributed by atoms with E-state index in [2.05, 4.69) is 26.0 Å². The SMILES string of the molecule is CC(C)(c1ccc(O)cc1)c1ccc(Oc2ccc(-c3ccc(O)c(O)c3)cc2)cc1. The van der Waals surface area contributed by atoms with Gasteiger partial charge in [0.05, 0.1) is 0 Å². The predicted octanol–water partition coefficient (Wildman–Crippen LogP) is 6.59. The summed E-state index contributed by atoms with van der Waals surface area (Å²) in [7, 11) is 0. The Kier molecular flexibility index (Phi) is 5.30. The molecule has 4 heteroatoms. The normalized spacial score (nSPS) is 11.3. The number of hydrogen-bond donors (Lipinski definition) is 3. The first kappa shape index (κ1) is 20.4. The second kappa shape index (κ2) is 8.07. The third-order valence-corrected chi connectivity index (χ3v) is 5.56. The number of ether oxygens (including phenoxy) is 1. The second-order valence-electron chi connectivity index (χ2n) is 8.03. The van der Waals surface area contributed by atoms with Crippen LogP contribution in [-0.2, 0) is 5.41 Å². The Hall–Kier alpha value is -3.92. The minimum absolute atomic E-state index is 0.138. The van der Waals surface area contributed by atoms with Crippen molar-refractivity contribution in [2.75, 3.05) is 0 Å². The van der Waals surface area contributed by atoms with E-state index in [4.69, 9.17) is 4.74 Å². The number of phenols is 3. The second-order valence-corrected chi connectivity index (χ2v) is 8.03. The summed E-state index contributed by atoms with van der Waals surface area (Å²) in [5, 5.41) is 28.7. The zero-order valence-corrected chi connectivity index (χ0v) is 17.4. The van der Waals surface area contributed by atoms with Crippen LogP contribution in [0.1, 0.15) is 25.0 Å². The zero-order valence-electron chi connectivity index (χ0n) is 17.4. The summed E-state index contributed by atoms with van der Waals surface area (Å²) >= 11 is 0. The fourth-order valence-electron chi connectivity index (χ4n) is 3.54. The van der Waals surface area contributed by atoms with Gasteiger partial charge in [0.25, 0.3) is 0 Å². The summed E-state index contributed by atoms with van der Waals surface area (Å²) in [6.07, 6.45) is 0. The van der Waals surface area contributed by atoms with Gasteiger partial charge >= 0.3 is 0 Å². The summed E-state index contributed by atoms with van der Waals surface area (Å²) in [5.74, 6) is 1.42. The summed E-state index contributed by atoms with van der Waals surface area (Å²) in [6.45, 7) is 4.30. The van der Waals surface area contributed by atoms with E-state index in [1.807, 2.05) is 48.5 Å². The molecule has 0 fully saturated rings. The van der Waals surface area contributed by atoms with Crippen LogP contribution in [0.25, 0.3) is 11.1 Å². The van der Waals surface area contributed by atoms with E-state index in [9.17, 15) is 15.3 Å². The highest BCUT2D eigenvalue weighted by Gasteiger charge is 2.23. The predicted molar refractivity (Wildman–Crippen MR) is 122 cm³/mol. The lowest BCUT2D eigenvalue weighted by Crippen LogP contribution is -2.18. The Morgan fingerprint density at radius 1 is 0.548 bits per heavy atom. The first-order valence-electron chi connectivity index (χ1n) is 10.0. The molecule has 0 aliphatic heterocycles. The lowest BCUT2D eigenvalue weighted by atomic mass is 9.78. The number of phenolic OH excluding ortho intramolecular Hbond substituents is 3. The molecule has 4 rings (SSSR count). The highest BCUT2D eigenvalue weighted by atomic mass is 16.5. The molecule has 0 amide bonds. The molecule has 0 radical (unpaired) electrons. The lowest BCUT2D eigenvalue weighted by Gasteiger charge is -2.26. The third-order valence-electron chi connectivity index (χ3n) is 5.56. The minimum atomic E-state index is -0.205. The smallest absolute Gasteiger partial charge is 0.158 e. The van der Waals surface area contributed by atoms with Crippen molar-refractivity contribution in [3.63, 3.8) is 0 Å². The molecule has 0 aliphatic rings. The number of benzene rings is 4. The molecule has 0 spiro atoms. The number of aromatic hydroxyl groups is 3. The molecule has 0 atom stereocenters. The fourth-order valence-corrected chi connectivity index (χ4v) is 3.54. The fraction of sp³-hybridized carbons (Fsp3) is 0.111. The molecule has 31 heavy (non-hydrogen) atoms. The van der Waals surface area contributed by atoms with E-state index in [1.165, 1.54) is 12.1 Å². The van der Waals surface area contributed by atoms with Crippen molar-refractivity contribution in [1.82, 2.24) is 0 Å². The lowest BCUT2D eigenvalue weighted by molar-refractivity contribution is 0.404. The molecular formula is C27H24O4. The van der Waals surface area contributed by atoms with Gasteiger partial charge in [-0.15, -0.1) is 0 Å². The van der Waals surface area contributed by atoms with Crippen LogP contribution in [0.15, 0.2) is 91.0 Å². The highest BCUT2D eigenvalue weighted by Crippen LogP contribution is 2.35. The van der Waals surface area contributed by atoms with Crippen LogP contribution in [0.4, 0.5) is 0 Å². The average molecular weight is 412 g/mol. The monoisotopic (exact) mass is 412 g/mol. The largest absolute Gasteiger partial charge is 0.508 e. The van der Waals surface area contributed by atoms with E-state index in [-0.39, 0.29) is 22.7 Å². The molecule has 4 aromatic rings. The van der Waals surface area contributed by atoms with Gasteiger partial charge in [-0.2, -0.15) is 0 Å². The van der Waals surface area contributed by atoms with Crippen LogP contribution in [0.3, 0.4) is 0 Å². The molecule has 156 valence electrons. The van der Waals surface area contributed by atoms with Crippen molar-refractivity contribution < 1.29 is 20.1 Å². The summed E-state index contributed by atoms with van der Waals surface area (Å²) in [5.41, 5.74) is 3.78. The van der Waals surface area contributed by atoms with Gasteiger partial charge in [0.2, 0.25) is 0 Å².